The van der Waals surface area contributed by atoms with Gasteiger partial charge in [-0.15, -0.1) is 11.8 Å². The molecule has 2 aliphatic carbocycles. The Bertz CT molecular complexity index is 1860. The molecule has 5 aliphatic rings. The van der Waals surface area contributed by atoms with Crippen molar-refractivity contribution in [2.24, 2.45) is 29.6 Å². The Morgan fingerprint density at radius 1 is 1.00 bits per heavy atom. The van der Waals surface area contributed by atoms with Gasteiger partial charge in [0.1, 0.15) is 5.75 Å². The third-order valence-electron chi connectivity index (χ3n) is 10.5. The number of likely N-dealkylation sites (tertiary alicyclic amines) is 1. The van der Waals surface area contributed by atoms with Gasteiger partial charge in [-0.2, -0.15) is 13.2 Å². The number of anilines is 1. The van der Waals surface area contributed by atoms with Gasteiger partial charge in [0.2, 0.25) is 11.8 Å². The fourth-order valence-electron chi connectivity index (χ4n) is 8.78. The van der Waals surface area contributed by atoms with Gasteiger partial charge in [-0.25, -0.2) is 4.90 Å². The first-order chi connectivity index (χ1) is 22.5. The van der Waals surface area contributed by atoms with Crippen molar-refractivity contribution in [3.05, 3.63) is 72.6 Å². The number of rotatable bonds is 5. The number of thioether (sulfide) groups is 1. The van der Waals surface area contributed by atoms with Crippen molar-refractivity contribution in [3.8, 4) is 5.75 Å². The second-order valence-electron chi connectivity index (χ2n) is 12.9. The molecule has 14 heteroatoms. The highest BCUT2D eigenvalue weighted by atomic mass is 79.9. The number of aromatic amines is 1. The number of benzene rings is 2. The fourth-order valence-corrected chi connectivity index (χ4v) is 12.0. The minimum atomic E-state index is -4.74. The van der Waals surface area contributed by atoms with Crippen LogP contribution < -0.4 is 14.5 Å². The van der Waals surface area contributed by atoms with Crippen molar-refractivity contribution < 1.29 is 32.3 Å². The lowest BCUT2D eigenvalue weighted by Crippen LogP contribution is -2.43. The summed E-state index contributed by atoms with van der Waals surface area (Å²) in [6, 6.07) is 10.3. The topological polar surface area (TPSA) is 99.8 Å². The third kappa shape index (κ3) is 4.99. The Labute approximate surface area is 284 Å². The normalized spacial score (nSPS) is 29.6. The molecule has 8 nitrogen and oxygen atoms in total. The first-order valence-corrected chi connectivity index (χ1v) is 18.2. The molecular formula is C33H29BrF3N3O5S2. The molecule has 1 N–H and O–H groups in total. The van der Waals surface area contributed by atoms with E-state index >= 15 is 0 Å². The number of carbonyl (C=O) groups excluding carboxylic acids is 3. The van der Waals surface area contributed by atoms with Gasteiger partial charge < -0.3 is 14.6 Å². The summed E-state index contributed by atoms with van der Waals surface area (Å²) in [5, 5.41) is 0.530. The molecule has 0 radical (unpaired) electrons. The summed E-state index contributed by atoms with van der Waals surface area (Å²) in [6.45, 7) is 1.25. The number of aromatic nitrogens is 1. The second-order valence-corrected chi connectivity index (χ2v) is 16.0. The number of imide groups is 1. The van der Waals surface area contributed by atoms with Crippen molar-refractivity contribution in [1.29, 1.82) is 0 Å². The van der Waals surface area contributed by atoms with E-state index < -0.39 is 47.0 Å². The van der Waals surface area contributed by atoms with Crippen LogP contribution in [0, 0.1) is 29.6 Å². The van der Waals surface area contributed by atoms with Gasteiger partial charge in [0.25, 0.3) is 5.91 Å². The maximum absolute atomic E-state index is 14.1. The molecule has 2 bridgehead atoms. The number of fused-ring (bicyclic) bond motifs is 9. The monoisotopic (exact) mass is 747 g/mol. The largest absolute Gasteiger partial charge is 0.483 e. The number of hydrogen-bond acceptors (Lipinski definition) is 7. The average Bonchev–Trinajstić information content (AvgIpc) is 3.79. The molecule has 1 aromatic heterocycles. The molecule has 3 aromatic rings. The van der Waals surface area contributed by atoms with Gasteiger partial charge in [0.15, 0.2) is 6.61 Å². The van der Waals surface area contributed by atoms with Crippen LogP contribution in [0.15, 0.2) is 56.8 Å². The first kappa shape index (κ1) is 31.2. The lowest BCUT2D eigenvalue weighted by Gasteiger charge is -2.43. The number of alkyl halides is 3. The van der Waals surface area contributed by atoms with Crippen LogP contribution in [0.4, 0.5) is 18.9 Å². The summed E-state index contributed by atoms with van der Waals surface area (Å²) in [4.78, 5) is 59.9. The summed E-state index contributed by atoms with van der Waals surface area (Å²) in [7, 11) is 0. The quantitative estimate of drug-likeness (QED) is 0.309. The molecule has 2 saturated carbocycles. The van der Waals surface area contributed by atoms with Crippen LogP contribution in [0.5, 0.6) is 5.75 Å². The van der Waals surface area contributed by atoms with Crippen LogP contribution >= 0.6 is 39.0 Å². The van der Waals surface area contributed by atoms with Gasteiger partial charge in [-0.05, 0) is 73.8 Å². The standard InChI is InChI=1S/C33H29BrF3N3O5S2/c34-15-8-9-21(45-14-22(41)39-10-4-1-5-11-39)16(12-15)23-24-17-13-18(27(24)46-29-28(23)47-32(44)38-29)26-25(17)30(42)40(31(26)43)20-7-3-2-6-19(20)33(35,36)37/h2-3,6-9,12,17-18,23-27H,1,4-5,10-11,13-14H2,(H,38,44)/t17?,18?,23-,24?,25?,26?,27?/m1/s1. The van der Waals surface area contributed by atoms with Crippen molar-refractivity contribution in [2.75, 3.05) is 24.6 Å². The zero-order valence-electron chi connectivity index (χ0n) is 24.8. The van der Waals surface area contributed by atoms with E-state index in [-0.39, 0.29) is 40.4 Å². The Morgan fingerprint density at radius 3 is 2.47 bits per heavy atom. The van der Waals surface area contributed by atoms with E-state index in [1.165, 1.54) is 30.0 Å². The molecule has 8 rings (SSSR count). The number of thiazole rings is 1. The number of amides is 3. The van der Waals surface area contributed by atoms with Crippen LogP contribution in [0.1, 0.15) is 47.6 Å². The van der Waals surface area contributed by atoms with Crippen LogP contribution in [0.25, 0.3) is 0 Å². The third-order valence-corrected chi connectivity index (χ3v) is 13.6. The van der Waals surface area contributed by atoms with Gasteiger partial charge in [-0.3, -0.25) is 19.2 Å². The highest BCUT2D eigenvalue weighted by molar-refractivity contribution is 9.10. The highest BCUT2D eigenvalue weighted by Crippen LogP contribution is 2.69. The summed E-state index contributed by atoms with van der Waals surface area (Å²) >= 11 is 6.17. The van der Waals surface area contributed by atoms with Gasteiger partial charge >= 0.3 is 11.0 Å². The van der Waals surface area contributed by atoms with E-state index in [4.69, 9.17) is 4.74 Å². The van der Waals surface area contributed by atoms with Crippen LogP contribution in [-0.2, 0) is 20.6 Å². The van der Waals surface area contributed by atoms with Crippen molar-refractivity contribution >= 4 is 62.4 Å². The Hall–Kier alpha value is -3.10. The molecule has 2 aromatic carbocycles. The fraction of sp³-hybridized carbons (Fsp3) is 0.455. The molecule has 4 heterocycles. The van der Waals surface area contributed by atoms with Crippen LogP contribution in [0.2, 0.25) is 0 Å². The van der Waals surface area contributed by atoms with Crippen LogP contribution in [0.3, 0.4) is 0 Å². The van der Waals surface area contributed by atoms with E-state index in [2.05, 4.69) is 20.9 Å². The molecular weight excluding hydrogens is 719 g/mol. The molecule has 246 valence electrons. The molecule has 4 fully saturated rings. The summed E-state index contributed by atoms with van der Waals surface area (Å²) in [6.07, 6.45) is -1.15. The van der Waals surface area contributed by atoms with Gasteiger partial charge in [0, 0.05) is 39.2 Å². The maximum atomic E-state index is 14.1. The number of carbonyl (C=O) groups is 3. The first-order valence-electron chi connectivity index (χ1n) is 15.7. The SMILES string of the molecule is O=C(COc1ccc(Br)cc1[C@H]1c2sc(=O)[nH]c2SC2C3CC(C4C(=O)N(c5ccccc5C(F)(F)F)C(=O)C34)C21)N1CCCCC1. The Balaban J connectivity index is 1.17. The predicted octanol–water partition coefficient (Wildman–Crippen LogP) is 6.29. The average molecular weight is 749 g/mol. The number of hydrogen-bond donors (Lipinski definition) is 1. The number of nitrogens with one attached hydrogen (secondary N) is 1. The number of para-hydroxylation sites is 1. The second kappa shape index (κ2) is 11.5. The predicted molar refractivity (Wildman–Crippen MR) is 172 cm³/mol. The minimum absolute atomic E-state index is 0.0975. The minimum Gasteiger partial charge on any atom is -0.483 e. The van der Waals surface area contributed by atoms with E-state index in [1.807, 2.05) is 17.0 Å². The van der Waals surface area contributed by atoms with Crippen molar-refractivity contribution in [1.82, 2.24) is 9.88 Å². The highest BCUT2D eigenvalue weighted by Gasteiger charge is 2.70. The molecule has 3 aliphatic heterocycles. The summed E-state index contributed by atoms with van der Waals surface area (Å²) in [5.74, 6) is -3.47. The summed E-state index contributed by atoms with van der Waals surface area (Å²) in [5.41, 5.74) is -0.688. The van der Waals surface area contributed by atoms with Gasteiger partial charge in [0.05, 0.1) is 28.1 Å². The Morgan fingerprint density at radius 2 is 1.72 bits per heavy atom. The van der Waals surface area contributed by atoms with E-state index in [0.29, 0.717) is 30.3 Å². The van der Waals surface area contributed by atoms with E-state index in [0.717, 1.165) is 56.5 Å². The summed E-state index contributed by atoms with van der Waals surface area (Å²) < 4.78 is 49.0. The van der Waals surface area contributed by atoms with E-state index in [1.54, 1.807) is 6.07 Å². The van der Waals surface area contributed by atoms with Crippen molar-refractivity contribution in [2.45, 2.75) is 48.1 Å². The molecule has 6 unspecified atom stereocenters. The number of piperidine rings is 1. The van der Waals surface area contributed by atoms with Crippen molar-refractivity contribution in [3.63, 3.8) is 0 Å². The Kier molecular flexibility index (Phi) is 7.64. The smallest absolute Gasteiger partial charge is 0.418 e. The molecule has 2 saturated heterocycles. The van der Waals surface area contributed by atoms with E-state index in [9.17, 15) is 32.3 Å². The molecule has 47 heavy (non-hydrogen) atoms. The zero-order valence-corrected chi connectivity index (χ0v) is 28.0. The lowest BCUT2D eigenvalue weighted by atomic mass is 9.68. The number of nitrogens with zero attached hydrogens (tertiary/aromatic N) is 2. The number of halogens is 4. The molecule has 7 atom stereocenters. The van der Waals surface area contributed by atoms with Gasteiger partial charge in [-0.1, -0.05) is 39.4 Å². The molecule has 3 amide bonds. The number of H-pyrrole nitrogens is 1. The maximum Gasteiger partial charge on any atom is 0.418 e. The number of ether oxygens (including phenoxy) is 1. The zero-order chi connectivity index (χ0) is 32.8. The molecule has 0 spiro atoms. The van der Waals surface area contributed by atoms with Crippen LogP contribution in [-0.4, -0.2) is 52.6 Å². The lowest BCUT2D eigenvalue weighted by molar-refractivity contribution is -0.137.